The number of aromatic nitrogens is 1. The lowest BCUT2D eigenvalue weighted by Gasteiger charge is -2.24. The van der Waals surface area contributed by atoms with Crippen molar-refractivity contribution in [3.63, 3.8) is 0 Å². The van der Waals surface area contributed by atoms with Gasteiger partial charge in [0.2, 0.25) is 5.78 Å². The van der Waals surface area contributed by atoms with Gasteiger partial charge >= 0.3 is 0 Å². The molecule has 0 saturated heterocycles. The number of allylic oxidation sites excluding steroid dienone is 3. The van der Waals surface area contributed by atoms with E-state index in [4.69, 9.17) is 11.6 Å². The molecule has 2 heterocycles. The van der Waals surface area contributed by atoms with Crippen LogP contribution in [0, 0.1) is 6.92 Å². The molecular formula is C28H19ClN2O2. The van der Waals surface area contributed by atoms with Crippen LogP contribution >= 0.6 is 11.6 Å². The monoisotopic (exact) mass is 450 g/mol. The van der Waals surface area contributed by atoms with Gasteiger partial charge in [-0.05, 0) is 50.2 Å². The number of nitrogens with zero attached hydrogens (tertiary/aromatic N) is 2. The maximum atomic E-state index is 13.5. The third kappa shape index (κ3) is 2.71. The average molecular weight is 451 g/mol. The number of hydrogen-bond donors (Lipinski definition) is 1. The zero-order chi connectivity index (χ0) is 22.9. The fourth-order valence-electron chi connectivity index (χ4n) is 5.00. The number of para-hydroxylation sites is 2. The van der Waals surface area contributed by atoms with Crippen LogP contribution in [0.5, 0.6) is 0 Å². The normalized spacial score (nSPS) is 17.4. The first kappa shape index (κ1) is 19.8. The van der Waals surface area contributed by atoms with E-state index in [9.17, 15) is 9.90 Å². The van der Waals surface area contributed by atoms with Gasteiger partial charge in [-0.3, -0.25) is 9.79 Å². The minimum Gasteiger partial charge on any atom is -0.506 e. The van der Waals surface area contributed by atoms with E-state index in [1.807, 2.05) is 86.6 Å². The van der Waals surface area contributed by atoms with Crippen LogP contribution in [-0.2, 0) is 4.79 Å². The van der Waals surface area contributed by atoms with Gasteiger partial charge in [-0.15, -0.1) is 0 Å². The van der Waals surface area contributed by atoms with Crippen LogP contribution in [0.2, 0.25) is 5.02 Å². The fraction of sp³-hybridized carbons (Fsp3) is 0.0714. The first-order valence-corrected chi connectivity index (χ1v) is 11.1. The van der Waals surface area contributed by atoms with Crippen LogP contribution in [0.3, 0.4) is 0 Å². The zero-order valence-corrected chi connectivity index (χ0v) is 18.8. The van der Waals surface area contributed by atoms with Crippen molar-refractivity contribution < 1.29 is 9.90 Å². The molecule has 0 saturated carbocycles. The lowest BCUT2D eigenvalue weighted by molar-refractivity contribution is -0.111. The van der Waals surface area contributed by atoms with Crippen molar-refractivity contribution in [3.05, 3.63) is 106 Å². The number of Topliss-reactive ketones (excluding diaryl/α,β-unsaturated/α-hetero) is 1. The Labute approximate surface area is 195 Å². The van der Waals surface area contributed by atoms with Gasteiger partial charge in [0.15, 0.2) is 0 Å². The van der Waals surface area contributed by atoms with Gasteiger partial charge < -0.3 is 9.67 Å². The van der Waals surface area contributed by atoms with E-state index >= 15 is 0 Å². The van der Waals surface area contributed by atoms with Gasteiger partial charge in [0.05, 0.1) is 22.4 Å². The van der Waals surface area contributed by atoms with E-state index in [0.29, 0.717) is 16.2 Å². The molecular weight excluding hydrogens is 432 g/mol. The molecule has 1 aromatic heterocycles. The molecule has 4 aromatic rings. The Morgan fingerprint density at radius 2 is 1.55 bits per heavy atom. The summed E-state index contributed by atoms with van der Waals surface area (Å²) in [4.78, 5) is 18.1. The highest BCUT2D eigenvalue weighted by Crippen LogP contribution is 2.47. The molecule has 5 heteroatoms. The molecule has 0 spiro atoms. The van der Waals surface area contributed by atoms with Crippen LogP contribution in [0.15, 0.2) is 89.1 Å². The Hall–Kier alpha value is -3.89. The second kappa shape index (κ2) is 7.06. The molecule has 0 atom stereocenters. The van der Waals surface area contributed by atoms with Crippen molar-refractivity contribution in [2.45, 2.75) is 13.8 Å². The predicted molar refractivity (Wildman–Crippen MR) is 134 cm³/mol. The minimum absolute atomic E-state index is 0.0309. The number of ketones is 1. The van der Waals surface area contributed by atoms with Crippen molar-refractivity contribution in [1.29, 1.82) is 0 Å². The number of carbonyl (C=O) groups excluding carboxylic acids is 1. The van der Waals surface area contributed by atoms with Gasteiger partial charge in [0.1, 0.15) is 5.76 Å². The Kier molecular flexibility index (Phi) is 4.23. The van der Waals surface area contributed by atoms with Crippen LogP contribution in [0.4, 0.5) is 5.69 Å². The smallest absolute Gasteiger partial charge is 0.201 e. The molecule has 1 aliphatic heterocycles. The number of hydrogen-bond acceptors (Lipinski definition) is 3. The molecule has 3 aromatic carbocycles. The number of fused-ring (bicyclic) bond motifs is 2. The number of rotatable bonds is 2. The first-order valence-electron chi connectivity index (χ1n) is 10.7. The topological polar surface area (TPSA) is 54.6 Å². The maximum Gasteiger partial charge on any atom is 0.201 e. The SMILES string of the molecule is CC1=Nc2ccccc2/C1=C1/C(=O)C(c2c(C)n(-c3ccc(Cl)cc3)c3ccccc23)=C1O. The minimum atomic E-state index is -0.157. The first-order chi connectivity index (χ1) is 16.0. The van der Waals surface area contributed by atoms with Crippen molar-refractivity contribution in [3.8, 4) is 5.69 Å². The highest BCUT2D eigenvalue weighted by molar-refractivity contribution is 6.47. The lowest BCUT2D eigenvalue weighted by Crippen LogP contribution is -2.24. The summed E-state index contributed by atoms with van der Waals surface area (Å²) in [6.07, 6.45) is 0. The number of aliphatic hydroxyl groups is 1. The molecule has 4 nitrogen and oxygen atoms in total. The van der Waals surface area contributed by atoms with Crippen molar-refractivity contribution >= 4 is 50.8 Å². The Bertz CT molecular complexity index is 1600. The molecule has 0 fully saturated rings. The maximum absolute atomic E-state index is 13.5. The summed E-state index contributed by atoms with van der Waals surface area (Å²) in [5.74, 6) is -0.126. The van der Waals surface area contributed by atoms with Gasteiger partial charge in [0.25, 0.3) is 0 Å². The Morgan fingerprint density at radius 1 is 0.848 bits per heavy atom. The molecule has 1 aliphatic carbocycles. The number of benzene rings is 3. The summed E-state index contributed by atoms with van der Waals surface area (Å²) in [5.41, 5.74) is 7.41. The Balaban J connectivity index is 1.60. The molecule has 33 heavy (non-hydrogen) atoms. The van der Waals surface area contributed by atoms with Crippen molar-refractivity contribution in [1.82, 2.24) is 4.57 Å². The van der Waals surface area contributed by atoms with E-state index in [1.54, 1.807) is 0 Å². The average Bonchev–Trinajstić information content (AvgIpc) is 3.29. The second-order valence-corrected chi connectivity index (χ2v) is 8.74. The molecule has 0 bridgehead atoms. The summed E-state index contributed by atoms with van der Waals surface area (Å²) in [6.45, 7) is 3.85. The largest absolute Gasteiger partial charge is 0.506 e. The molecule has 2 aliphatic rings. The van der Waals surface area contributed by atoms with Crippen LogP contribution in [0.1, 0.15) is 23.7 Å². The third-order valence-electron chi connectivity index (χ3n) is 6.45. The van der Waals surface area contributed by atoms with Crippen molar-refractivity contribution in [2.75, 3.05) is 0 Å². The fourth-order valence-corrected chi connectivity index (χ4v) is 5.13. The molecule has 0 unspecified atom stereocenters. The summed E-state index contributed by atoms with van der Waals surface area (Å²) in [5, 5.41) is 12.8. The quantitative estimate of drug-likeness (QED) is 0.334. The molecule has 160 valence electrons. The van der Waals surface area contributed by atoms with E-state index in [2.05, 4.69) is 9.56 Å². The van der Waals surface area contributed by atoms with Gasteiger partial charge in [-0.1, -0.05) is 48.0 Å². The predicted octanol–water partition coefficient (Wildman–Crippen LogP) is 7.00. The van der Waals surface area contributed by atoms with Crippen molar-refractivity contribution in [2.24, 2.45) is 4.99 Å². The molecule has 6 rings (SSSR count). The number of halogens is 1. The van der Waals surface area contributed by atoms with E-state index in [-0.39, 0.29) is 11.5 Å². The van der Waals surface area contributed by atoms with Gasteiger partial charge in [-0.2, -0.15) is 0 Å². The third-order valence-corrected chi connectivity index (χ3v) is 6.70. The molecule has 0 radical (unpaired) electrons. The zero-order valence-electron chi connectivity index (χ0n) is 18.1. The van der Waals surface area contributed by atoms with Gasteiger partial charge in [-0.25, -0.2) is 0 Å². The van der Waals surface area contributed by atoms with Crippen LogP contribution in [-0.4, -0.2) is 21.2 Å². The summed E-state index contributed by atoms with van der Waals surface area (Å²) >= 11 is 6.10. The number of aliphatic hydroxyl groups excluding tert-OH is 1. The van der Waals surface area contributed by atoms with E-state index < -0.39 is 0 Å². The second-order valence-electron chi connectivity index (χ2n) is 8.31. The van der Waals surface area contributed by atoms with Crippen LogP contribution < -0.4 is 0 Å². The van der Waals surface area contributed by atoms with Crippen LogP contribution in [0.25, 0.3) is 27.7 Å². The summed E-state index contributed by atoms with van der Waals surface area (Å²) in [6, 6.07) is 23.2. The van der Waals surface area contributed by atoms with E-state index in [0.717, 1.165) is 50.4 Å². The number of aliphatic imine (C=N–C) groups is 1. The Morgan fingerprint density at radius 3 is 2.30 bits per heavy atom. The van der Waals surface area contributed by atoms with Gasteiger partial charge in [0, 0.05) is 44.2 Å². The molecule has 1 N–H and O–H groups in total. The lowest BCUT2D eigenvalue weighted by atomic mass is 9.78. The highest BCUT2D eigenvalue weighted by atomic mass is 35.5. The highest BCUT2D eigenvalue weighted by Gasteiger charge is 2.41. The standard InChI is InChI=1S/C28H19ClN2O2/c1-15-23(19-7-3-5-9-21(19)30-15)25-27(32)26(28(25)33)24-16(2)31(18-13-11-17(29)12-14-18)22-10-6-4-8-20(22)24/h3-14,32H,1-2H3/b25-23+. The number of carbonyl (C=O) groups is 1. The molecule has 0 amide bonds. The van der Waals surface area contributed by atoms with E-state index in [1.165, 1.54) is 0 Å². The summed E-state index contributed by atoms with van der Waals surface area (Å²) < 4.78 is 2.09. The summed E-state index contributed by atoms with van der Waals surface area (Å²) in [7, 11) is 0.